The first kappa shape index (κ1) is 10.2. The predicted molar refractivity (Wildman–Crippen MR) is 60.4 cm³/mol. The summed E-state index contributed by atoms with van der Waals surface area (Å²) < 4.78 is 0. The molecule has 14 heavy (non-hydrogen) atoms. The number of likely N-dealkylation sites (tertiary alicyclic amines) is 1. The fourth-order valence-corrected chi connectivity index (χ4v) is 2.42. The van der Waals surface area contributed by atoms with E-state index < -0.39 is 0 Å². The van der Waals surface area contributed by atoms with E-state index in [0.29, 0.717) is 0 Å². The molecule has 2 fully saturated rings. The number of hydrogen-bond acceptors (Lipinski definition) is 2. The fraction of sp³-hybridized carbons (Fsp3) is 0.833. The predicted octanol–water partition coefficient (Wildman–Crippen LogP) is 1.64. The zero-order valence-corrected chi connectivity index (χ0v) is 9.10. The molecule has 1 unspecified atom stereocenters. The molecule has 0 aromatic heterocycles. The van der Waals surface area contributed by atoms with Crippen molar-refractivity contribution in [2.24, 2.45) is 5.92 Å². The summed E-state index contributed by atoms with van der Waals surface area (Å²) in [6.07, 6.45) is 5.23. The summed E-state index contributed by atoms with van der Waals surface area (Å²) in [5.74, 6) is 0.945. The van der Waals surface area contributed by atoms with Crippen LogP contribution in [0.25, 0.3) is 0 Å². The first-order chi connectivity index (χ1) is 6.84. The summed E-state index contributed by atoms with van der Waals surface area (Å²) in [6.45, 7) is 10.3. The van der Waals surface area contributed by atoms with E-state index in [0.717, 1.165) is 5.92 Å². The molecule has 0 saturated carbocycles. The Hall–Kier alpha value is -0.340. The number of nitrogens with zero attached hydrogens (tertiary/aromatic N) is 1. The second kappa shape index (κ2) is 4.94. The van der Waals surface area contributed by atoms with E-state index in [1.165, 1.54) is 64.0 Å². The van der Waals surface area contributed by atoms with Crippen LogP contribution >= 0.6 is 0 Å². The summed E-state index contributed by atoms with van der Waals surface area (Å²) >= 11 is 0. The molecule has 1 N–H and O–H groups in total. The Labute approximate surface area is 87.4 Å². The highest BCUT2D eigenvalue weighted by Gasteiger charge is 2.17. The van der Waals surface area contributed by atoms with Crippen LogP contribution in [0.15, 0.2) is 12.2 Å². The highest BCUT2D eigenvalue weighted by atomic mass is 15.1. The molecule has 2 heterocycles. The third kappa shape index (κ3) is 2.82. The van der Waals surface area contributed by atoms with Gasteiger partial charge in [-0.05, 0) is 51.2 Å². The molecule has 2 nitrogen and oxygen atoms in total. The largest absolute Gasteiger partial charge is 0.316 e. The summed E-state index contributed by atoms with van der Waals surface area (Å²) in [4.78, 5) is 2.60. The zero-order chi connectivity index (χ0) is 9.80. The molecule has 80 valence electrons. The lowest BCUT2D eigenvalue weighted by atomic mass is 10.0. The highest BCUT2D eigenvalue weighted by Crippen LogP contribution is 2.17. The van der Waals surface area contributed by atoms with Gasteiger partial charge in [-0.25, -0.2) is 0 Å². The molecule has 0 amide bonds. The van der Waals surface area contributed by atoms with Crippen molar-refractivity contribution < 1.29 is 0 Å². The molecule has 0 aromatic carbocycles. The topological polar surface area (TPSA) is 15.3 Å². The Balaban J connectivity index is 1.63. The van der Waals surface area contributed by atoms with Gasteiger partial charge in [-0.3, -0.25) is 0 Å². The Morgan fingerprint density at radius 3 is 2.79 bits per heavy atom. The molecule has 0 aliphatic carbocycles. The minimum absolute atomic E-state index is 0.945. The van der Waals surface area contributed by atoms with Crippen LogP contribution in [0.1, 0.15) is 25.7 Å². The van der Waals surface area contributed by atoms with Gasteiger partial charge < -0.3 is 10.2 Å². The molecule has 0 radical (unpaired) electrons. The van der Waals surface area contributed by atoms with Crippen molar-refractivity contribution >= 4 is 0 Å². The Bertz CT molecular complexity index is 184. The monoisotopic (exact) mass is 194 g/mol. The van der Waals surface area contributed by atoms with E-state index in [1.54, 1.807) is 0 Å². The van der Waals surface area contributed by atoms with Gasteiger partial charge in [0.15, 0.2) is 0 Å². The molecule has 2 aliphatic heterocycles. The normalized spacial score (nSPS) is 29.7. The molecule has 1 atom stereocenters. The molecule has 0 bridgehead atoms. The highest BCUT2D eigenvalue weighted by molar-refractivity contribution is 4.98. The van der Waals surface area contributed by atoms with E-state index in [-0.39, 0.29) is 0 Å². The van der Waals surface area contributed by atoms with Crippen molar-refractivity contribution in [1.82, 2.24) is 10.2 Å². The minimum atomic E-state index is 0.945. The van der Waals surface area contributed by atoms with Crippen molar-refractivity contribution in [3.63, 3.8) is 0 Å². The van der Waals surface area contributed by atoms with E-state index in [1.807, 2.05) is 0 Å². The van der Waals surface area contributed by atoms with E-state index in [4.69, 9.17) is 0 Å². The maximum atomic E-state index is 4.05. The number of nitrogens with one attached hydrogen (secondary N) is 1. The standard InChI is InChI=1S/C12H22N2/c1-11-3-7-14(8-4-11)9-5-12-2-6-13-10-12/h12-13H,1-10H2. The van der Waals surface area contributed by atoms with Gasteiger partial charge >= 0.3 is 0 Å². The van der Waals surface area contributed by atoms with Crippen LogP contribution in [0.2, 0.25) is 0 Å². The van der Waals surface area contributed by atoms with E-state index in [9.17, 15) is 0 Å². The third-order valence-electron chi connectivity index (χ3n) is 3.58. The lowest BCUT2D eigenvalue weighted by Gasteiger charge is -2.28. The number of rotatable bonds is 3. The Morgan fingerprint density at radius 1 is 1.36 bits per heavy atom. The van der Waals surface area contributed by atoms with Gasteiger partial charge in [0.2, 0.25) is 0 Å². The molecule has 0 aromatic rings. The van der Waals surface area contributed by atoms with Gasteiger partial charge in [-0.1, -0.05) is 12.2 Å². The van der Waals surface area contributed by atoms with Crippen LogP contribution in [-0.4, -0.2) is 37.6 Å². The van der Waals surface area contributed by atoms with Crippen LogP contribution in [0.4, 0.5) is 0 Å². The first-order valence-electron chi connectivity index (χ1n) is 5.94. The van der Waals surface area contributed by atoms with Gasteiger partial charge in [0, 0.05) is 13.1 Å². The van der Waals surface area contributed by atoms with Crippen molar-refractivity contribution in [1.29, 1.82) is 0 Å². The lowest BCUT2D eigenvalue weighted by molar-refractivity contribution is 0.239. The maximum absolute atomic E-state index is 4.05. The SMILES string of the molecule is C=C1CCN(CCC2CCNC2)CC1. The quantitative estimate of drug-likeness (QED) is 0.687. The average molecular weight is 194 g/mol. The van der Waals surface area contributed by atoms with Crippen LogP contribution in [0, 0.1) is 5.92 Å². The Kier molecular flexibility index (Phi) is 3.60. The van der Waals surface area contributed by atoms with Crippen molar-refractivity contribution in [2.75, 3.05) is 32.7 Å². The molecular formula is C12H22N2. The lowest BCUT2D eigenvalue weighted by Crippen LogP contribution is -2.32. The minimum Gasteiger partial charge on any atom is -0.316 e. The zero-order valence-electron chi connectivity index (χ0n) is 9.10. The summed E-state index contributed by atoms with van der Waals surface area (Å²) in [6, 6.07) is 0. The second-order valence-electron chi connectivity index (χ2n) is 4.74. The first-order valence-corrected chi connectivity index (χ1v) is 5.94. The van der Waals surface area contributed by atoms with Crippen LogP contribution in [-0.2, 0) is 0 Å². The maximum Gasteiger partial charge on any atom is 0.00186 e. The van der Waals surface area contributed by atoms with Crippen LogP contribution < -0.4 is 5.32 Å². The van der Waals surface area contributed by atoms with E-state index in [2.05, 4.69) is 16.8 Å². The number of piperidine rings is 1. The smallest absolute Gasteiger partial charge is 0.00186 e. The third-order valence-corrected chi connectivity index (χ3v) is 3.58. The Morgan fingerprint density at radius 2 is 2.14 bits per heavy atom. The summed E-state index contributed by atoms with van der Waals surface area (Å²) in [5, 5.41) is 3.43. The second-order valence-corrected chi connectivity index (χ2v) is 4.74. The van der Waals surface area contributed by atoms with E-state index >= 15 is 0 Å². The number of hydrogen-bond donors (Lipinski definition) is 1. The van der Waals surface area contributed by atoms with Gasteiger partial charge in [-0.15, -0.1) is 0 Å². The fourth-order valence-electron chi connectivity index (χ4n) is 2.42. The van der Waals surface area contributed by atoms with Crippen molar-refractivity contribution in [3.05, 3.63) is 12.2 Å². The molecular weight excluding hydrogens is 172 g/mol. The molecule has 2 rings (SSSR count). The molecule has 2 saturated heterocycles. The summed E-state index contributed by atoms with van der Waals surface area (Å²) in [5.41, 5.74) is 1.45. The van der Waals surface area contributed by atoms with Crippen molar-refractivity contribution in [2.45, 2.75) is 25.7 Å². The van der Waals surface area contributed by atoms with Crippen LogP contribution in [0.5, 0.6) is 0 Å². The average Bonchev–Trinajstić information content (AvgIpc) is 2.70. The summed E-state index contributed by atoms with van der Waals surface area (Å²) in [7, 11) is 0. The van der Waals surface area contributed by atoms with Gasteiger partial charge in [0.05, 0.1) is 0 Å². The van der Waals surface area contributed by atoms with Gasteiger partial charge in [0.1, 0.15) is 0 Å². The molecule has 0 spiro atoms. The molecule has 2 heteroatoms. The van der Waals surface area contributed by atoms with Crippen molar-refractivity contribution in [3.8, 4) is 0 Å². The van der Waals surface area contributed by atoms with Gasteiger partial charge in [-0.2, -0.15) is 0 Å². The van der Waals surface area contributed by atoms with Gasteiger partial charge in [0.25, 0.3) is 0 Å². The van der Waals surface area contributed by atoms with Crippen LogP contribution in [0.3, 0.4) is 0 Å². The molecule has 2 aliphatic rings.